The third kappa shape index (κ3) is 7.94. The number of carboxylic acid groups (broad SMARTS) is 2. The third-order valence-electron chi connectivity index (χ3n) is 3.40. The summed E-state index contributed by atoms with van der Waals surface area (Å²) in [7, 11) is 0. The highest BCUT2D eigenvalue weighted by Crippen LogP contribution is 2.19. The molecule has 1 aromatic carbocycles. The molecule has 1 heterocycles. The predicted molar refractivity (Wildman–Crippen MR) is 97.5 cm³/mol. The van der Waals surface area contributed by atoms with Gasteiger partial charge in [0.25, 0.3) is 0 Å². The number of rotatable bonds is 6. The molecule has 0 aliphatic heterocycles. The summed E-state index contributed by atoms with van der Waals surface area (Å²) >= 11 is 5.58. The van der Waals surface area contributed by atoms with E-state index in [1.807, 2.05) is 6.92 Å². The lowest BCUT2D eigenvalue weighted by atomic mass is 10.1. The molecule has 0 saturated carbocycles. The highest BCUT2D eigenvalue weighted by Gasteiger charge is 2.38. The molecule has 2 rings (SSSR count). The summed E-state index contributed by atoms with van der Waals surface area (Å²) in [5, 5.41) is 16.3. The highest BCUT2D eigenvalue weighted by atomic mass is 35.5. The van der Waals surface area contributed by atoms with E-state index < -0.39 is 23.9 Å². The molecule has 1 aromatic heterocycles. The number of hydrogen-bond donors (Lipinski definition) is 2. The quantitative estimate of drug-likeness (QED) is 0.397. The molecule has 0 aliphatic rings. The molecule has 0 unspecified atom stereocenters. The fourth-order valence-electron chi connectivity index (χ4n) is 2.07. The van der Waals surface area contributed by atoms with Crippen LogP contribution in [0.25, 0.3) is 11.8 Å². The van der Waals surface area contributed by atoms with Crippen LogP contribution in [-0.4, -0.2) is 43.8 Å². The van der Waals surface area contributed by atoms with Gasteiger partial charge < -0.3 is 14.8 Å². The van der Waals surface area contributed by atoms with Crippen molar-refractivity contribution in [3.05, 3.63) is 53.4 Å². The Morgan fingerprint density at radius 2 is 1.90 bits per heavy atom. The molecule has 6 nitrogen and oxygen atoms in total. The van der Waals surface area contributed by atoms with Gasteiger partial charge in [-0.1, -0.05) is 6.07 Å². The van der Waals surface area contributed by atoms with Crippen molar-refractivity contribution >= 4 is 29.6 Å². The van der Waals surface area contributed by atoms with Gasteiger partial charge in [-0.25, -0.2) is 19.0 Å². The Hall–Kier alpha value is -2.88. The molecular weight excluding hydrogens is 420 g/mol. The van der Waals surface area contributed by atoms with Crippen LogP contribution in [-0.2, 0) is 9.59 Å². The molecule has 0 atom stereocenters. The first-order valence-corrected chi connectivity index (χ1v) is 8.59. The monoisotopic (exact) mass is 436 g/mol. The summed E-state index contributed by atoms with van der Waals surface area (Å²) < 4.78 is 47.5. The molecule has 0 aliphatic carbocycles. The first kappa shape index (κ1) is 24.2. The number of hydrogen-bond acceptors (Lipinski definition) is 3. The second-order valence-corrected chi connectivity index (χ2v) is 6.08. The van der Waals surface area contributed by atoms with Crippen molar-refractivity contribution in [2.75, 3.05) is 5.88 Å². The van der Waals surface area contributed by atoms with Gasteiger partial charge in [-0.05, 0) is 43.5 Å². The van der Waals surface area contributed by atoms with Gasteiger partial charge in [-0.15, -0.1) is 11.6 Å². The maximum Gasteiger partial charge on any atom is 0.490 e. The SMILES string of the molecule is Cc1cn(-c2ccc(C=C(CCCCl)C(=O)O)cc2F)cn1.O=C(O)C(F)(F)F. The standard InChI is InChI=1S/C16H16ClFN2O2.C2HF3O2/c1-11-9-20(10-19-11)15-5-4-12(8-14(15)18)7-13(16(21)22)3-2-6-17;3-2(4,5)1(6)7/h4-5,7-10H,2-3,6H2,1H3,(H,21,22);(H,6,7). The van der Waals surface area contributed by atoms with Gasteiger partial charge in [0, 0.05) is 17.6 Å². The zero-order chi connectivity index (χ0) is 22.2. The van der Waals surface area contributed by atoms with Crippen LogP contribution in [0.4, 0.5) is 17.6 Å². The zero-order valence-electron chi connectivity index (χ0n) is 15.1. The van der Waals surface area contributed by atoms with Gasteiger partial charge in [0.2, 0.25) is 0 Å². The summed E-state index contributed by atoms with van der Waals surface area (Å²) in [5.74, 6) is -3.82. The van der Waals surface area contributed by atoms with Crippen molar-refractivity contribution in [1.29, 1.82) is 0 Å². The summed E-state index contributed by atoms with van der Waals surface area (Å²) in [6.45, 7) is 1.82. The molecule has 29 heavy (non-hydrogen) atoms. The minimum Gasteiger partial charge on any atom is -0.478 e. The fraction of sp³-hybridized carbons (Fsp3) is 0.278. The minimum absolute atomic E-state index is 0.214. The lowest BCUT2D eigenvalue weighted by Crippen LogP contribution is -2.21. The van der Waals surface area contributed by atoms with Crippen LogP contribution in [0, 0.1) is 12.7 Å². The van der Waals surface area contributed by atoms with Gasteiger partial charge in [0.15, 0.2) is 0 Å². The molecule has 2 aromatic rings. The number of aliphatic carboxylic acids is 2. The number of carboxylic acids is 2. The Kier molecular flexibility index (Phi) is 8.84. The molecule has 158 valence electrons. The predicted octanol–water partition coefficient (Wildman–Crippen LogP) is 4.44. The Morgan fingerprint density at radius 3 is 2.31 bits per heavy atom. The summed E-state index contributed by atoms with van der Waals surface area (Å²) in [5.41, 5.74) is 1.88. The van der Waals surface area contributed by atoms with Crippen molar-refractivity contribution in [3.8, 4) is 5.69 Å². The zero-order valence-corrected chi connectivity index (χ0v) is 15.8. The molecule has 11 heteroatoms. The normalized spacial score (nSPS) is 11.6. The van der Waals surface area contributed by atoms with Crippen molar-refractivity contribution in [1.82, 2.24) is 9.55 Å². The van der Waals surface area contributed by atoms with E-state index in [4.69, 9.17) is 26.6 Å². The number of aromatic nitrogens is 2. The van der Waals surface area contributed by atoms with Gasteiger partial charge >= 0.3 is 18.1 Å². The van der Waals surface area contributed by atoms with E-state index in [-0.39, 0.29) is 5.57 Å². The average Bonchev–Trinajstić information content (AvgIpc) is 3.04. The Balaban J connectivity index is 0.000000516. The minimum atomic E-state index is -5.08. The number of benzene rings is 1. The number of halogens is 5. The molecule has 0 radical (unpaired) electrons. The Labute approximate surface area is 168 Å². The molecule has 0 bridgehead atoms. The average molecular weight is 437 g/mol. The lowest BCUT2D eigenvalue weighted by Gasteiger charge is -2.06. The highest BCUT2D eigenvalue weighted by molar-refractivity contribution is 6.17. The van der Waals surface area contributed by atoms with Crippen LogP contribution in [0.1, 0.15) is 24.1 Å². The Bertz CT molecular complexity index is 894. The lowest BCUT2D eigenvalue weighted by molar-refractivity contribution is -0.192. The van der Waals surface area contributed by atoms with E-state index in [1.165, 1.54) is 18.5 Å². The summed E-state index contributed by atoms with van der Waals surface area (Å²) in [6, 6.07) is 4.59. The van der Waals surface area contributed by atoms with Gasteiger partial charge in [0.05, 0.1) is 17.7 Å². The molecule has 0 amide bonds. The van der Waals surface area contributed by atoms with Crippen LogP contribution >= 0.6 is 11.6 Å². The molecule has 0 saturated heterocycles. The van der Waals surface area contributed by atoms with E-state index in [0.717, 1.165) is 5.69 Å². The van der Waals surface area contributed by atoms with Crippen molar-refractivity contribution in [3.63, 3.8) is 0 Å². The van der Waals surface area contributed by atoms with Gasteiger partial charge in [-0.2, -0.15) is 13.2 Å². The first-order chi connectivity index (χ1) is 13.5. The van der Waals surface area contributed by atoms with E-state index in [9.17, 15) is 22.4 Å². The maximum atomic E-state index is 14.2. The smallest absolute Gasteiger partial charge is 0.478 e. The maximum absolute atomic E-state index is 14.2. The second kappa shape index (κ2) is 10.6. The van der Waals surface area contributed by atoms with E-state index in [2.05, 4.69) is 4.98 Å². The van der Waals surface area contributed by atoms with Crippen molar-refractivity contribution in [2.24, 2.45) is 0 Å². The van der Waals surface area contributed by atoms with Crippen molar-refractivity contribution < 1.29 is 37.4 Å². The Morgan fingerprint density at radius 1 is 1.28 bits per heavy atom. The fourth-order valence-corrected chi connectivity index (χ4v) is 2.21. The van der Waals surface area contributed by atoms with E-state index in [0.29, 0.717) is 30.0 Å². The van der Waals surface area contributed by atoms with Crippen LogP contribution in [0.3, 0.4) is 0 Å². The van der Waals surface area contributed by atoms with E-state index >= 15 is 0 Å². The van der Waals surface area contributed by atoms with Gasteiger partial charge in [-0.3, -0.25) is 0 Å². The van der Waals surface area contributed by atoms with Crippen LogP contribution in [0.15, 0.2) is 36.3 Å². The number of aryl methyl sites for hydroxylation is 1. The number of nitrogens with zero attached hydrogens (tertiary/aromatic N) is 2. The molecule has 0 spiro atoms. The molecular formula is C18H17ClF4N2O4. The summed E-state index contributed by atoms with van der Waals surface area (Å²) in [4.78, 5) is 24.1. The second-order valence-electron chi connectivity index (χ2n) is 5.70. The van der Waals surface area contributed by atoms with Crippen molar-refractivity contribution in [2.45, 2.75) is 25.9 Å². The van der Waals surface area contributed by atoms with Crippen LogP contribution < -0.4 is 0 Å². The molecule has 0 fully saturated rings. The first-order valence-electron chi connectivity index (χ1n) is 8.06. The largest absolute Gasteiger partial charge is 0.490 e. The van der Waals surface area contributed by atoms with E-state index in [1.54, 1.807) is 22.9 Å². The number of alkyl halides is 4. The number of carbonyl (C=O) groups is 2. The van der Waals surface area contributed by atoms with Gasteiger partial charge in [0.1, 0.15) is 5.82 Å². The number of imidazole rings is 1. The molecule has 2 N–H and O–H groups in total. The summed E-state index contributed by atoms with van der Waals surface area (Å²) in [6.07, 6.45) is 0.557. The van der Waals surface area contributed by atoms with Crippen LogP contribution in [0.5, 0.6) is 0 Å². The topological polar surface area (TPSA) is 92.4 Å². The van der Waals surface area contributed by atoms with Crippen LogP contribution in [0.2, 0.25) is 0 Å². The third-order valence-corrected chi connectivity index (χ3v) is 3.67.